The van der Waals surface area contributed by atoms with Crippen LogP contribution in [0.3, 0.4) is 0 Å². The largest absolute Gasteiger partial charge is 0.480 e. The SMILES string of the molecule is O=C(O)C1C(N2CCN(c3ccc(F)cc3)CC2)CCN1Nc1ccc(-n2ccnc2)cc1. The molecule has 2 saturated heterocycles. The lowest BCUT2D eigenvalue weighted by Gasteiger charge is -2.40. The van der Waals surface area contributed by atoms with Crippen molar-refractivity contribution in [3.05, 3.63) is 73.1 Å². The predicted octanol–water partition coefficient (Wildman–Crippen LogP) is 2.69. The highest BCUT2D eigenvalue weighted by Crippen LogP contribution is 2.27. The predicted molar refractivity (Wildman–Crippen MR) is 124 cm³/mol. The van der Waals surface area contributed by atoms with Crippen LogP contribution in [0.4, 0.5) is 15.8 Å². The first-order valence-corrected chi connectivity index (χ1v) is 11.2. The van der Waals surface area contributed by atoms with E-state index >= 15 is 0 Å². The summed E-state index contributed by atoms with van der Waals surface area (Å²) in [5.41, 5.74) is 6.15. The van der Waals surface area contributed by atoms with Gasteiger partial charge in [-0.3, -0.25) is 9.69 Å². The fraction of sp³-hybridized carbons (Fsp3) is 0.333. The van der Waals surface area contributed by atoms with Gasteiger partial charge in [-0.1, -0.05) is 0 Å². The van der Waals surface area contributed by atoms with Gasteiger partial charge in [-0.15, -0.1) is 0 Å². The van der Waals surface area contributed by atoms with E-state index in [1.54, 1.807) is 24.7 Å². The summed E-state index contributed by atoms with van der Waals surface area (Å²) in [5.74, 6) is -1.06. The molecule has 2 fully saturated rings. The quantitative estimate of drug-likeness (QED) is 0.598. The lowest BCUT2D eigenvalue weighted by Crippen LogP contribution is -2.56. The van der Waals surface area contributed by atoms with E-state index in [1.165, 1.54) is 12.1 Å². The Bertz CT molecular complexity index is 1070. The van der Waals surface area contributed by atoms with Gasteiger partial charge < -0.3 is 20.0 Å². The number of nitrogens with zero attached hydrogens (tertiary/aromatic N) is 5. The smallest absolute Gasteiger partial charge is 0.324 e. The van der Waals surface area contributed by atoms with E-state index in [-0.39, 0.29) is 11.9 Å². The first kappa shape index (κ1) is 21.4. The van der Waals surface area contributed by atoms with Crippen LogP contribution in [0.15, 0.2) is 67.3 Å². The summed E-state index contributed by atoms with van der Waals surface area (Å²) >= 11 is 0. The van der Waals surface area contributed by atoms with E-state index in [4.69, 9.17) is 0 Å². The van der Waals surface area contributed by atoms with Crippen molar-refractivity contribution < 1.29 is 14.3 Å². The lowest BCUT2D eigenvalue weighted by atomic mass is 10.1. The molecule has 0 amide bonds. The summed E-state index contributed by atoms with van der Waals surface area (Å²) < 4.78 is 15.1. The van der Waals surface area contributed by atoms with Crippen LogP contribution in [-0.2, 0) is 4.79 Å². The molecule has 0 radical (unpaired) electrons. The van der Waals surface area contributed by atoms with Crippen molar-refractivity contribution in [2.75, 3.05) is 43.0 Å². The van der Waals surface area contributed by atoms with Crippen LogP contribution in [0.5, 0.6) is 0 Å². The second kappa shape index (κ2) is 9.21. The third-order valence-corrected chi connectivity index (χ3v) is 6.54. The number of anilines is 2. The van der Waals surface area contributed by atoms with Gasteiger partial charge in [0, 0.05) is 68.2 Å². The van der Waals surface area contributed by atoms with Gasteiger partial charge >= 0.3 is 5.97 Å². The Morgan fingerprint density at radius 2 is 1.67 bits per heavy atom. The highest BCUT2D eigenvalue weighted by atomic mass is 19.1. The molecule has 0 bridgehead atoms. The Kier molecular flexibility index (Phi) is 5.97. The zero-order valence-electron chi connectivity index (χ0n) is 18.2. The Morgan fingerprint density at radius 1 is 0.970 bits per heavy atom. The maximum atomic E-state index is 13.2. The molecule has 8 nitrogen and oxygen atoms in total. The van der Waals surface area contributed by atoms with Crippen molar-refractivity contribution in [1.82, 2.24) is 19.5 Å². The Hall–Kier alpha value is -3.43. The van der Waals surface area contributed by atoms with Crippen LogP contribution >= 0.6 is 0 Å². The number of aliphatic carboxylic acids is 1. The molecule has 0 aliphatic carbocycles. The molecule has 0 spiro atoms. The second-order valence-corrected chi connectivity index (χ2v) is 8.46. The first-order valence-electron chi connectivity index (χ1n) is 11.2. The molecule has 9 heteroatoms. The number of nitrogens with one attached hydrogen (secondary N) is 1. The summed E-state index contributed by atoms with van der Waals surface area (Å²) in [6, 6.07) is 13.7. The van der Waals surface area contributed by atoms with Crippen LogP contribution in [0.25, 0.3) is 5.69 Å². The van der Waals surface area contributed by atoms with Gasteiger partial charge in [-0.25, -0.2) is 14.4 Å². The van der Waals surface area contributed by atoms with Crippen LogP contribution in [-0.4, -0.2) is 75.3 Å². The number of hydrogen-bond donors (Lipinski definition) is 2. The van der Waals surface area contributed by atoms with E-state index in [1.807, 2.05) is 40.0 Å². The third kappa shape index (κ3) is 4.55. The van der Waals surface area contributed by atoms with E-state index in [2.05, 4.69) is 20.2 Å². The Balaban J connectivity index is 1.22. The second-order valence-electron chi connectivity index (χ2n) is 8.46. The minimum absolute atomic E-state index is 0.0596. The Labute approximate surface area is 191 Å². The third-order valence-electron chi connectivity index (χ3n) is 6.54. The molecule has 2 atom stereocenters. The van der Waals surface area contributed by atoms with Crippen LogP contribution in [0.1, 0.15) is 6.42 Å². The van der Waals surface area contributed by atoms with Crippen LogP contribution in [0, 0.1) is 5.82 Å². The van der Waals surface area contributed by atoms with Gasteiger partial charge in [0.1, 0.15) is 11.9 Å². The Morgan fingerprint density at radius 3 is 2.30 bits per heavy atom. The van der Waals surface area contributed by atoms with Crippen LogP contribution < -0.4 is 10.3 Å². The zero-order chi connectivity index (χ0) is 22.8. The standard InChI is InChI=1S/C24H27FN6O2/c25-18-1-5-20(6-2-18)28-13-15-29(16-14-28)22-9-11-31(23(22)24(32)33)27-19-3-7-21(8-4-19)30-12-10-26-17-30/h1-8,10,12,17,22-23,27H,9,11,13-16H2,(H,32,33). The number of carboxylic acid groups (broad SMARTS) is 1. The molecule has 1 aromatic heterocycles. The molecule has 2 aromatic carbocycles. The van der Waals surface area contributed by atoms with Gasteiger partial charge in [0.25, 0.3) is 0 Å². The minimum atomic E-state index is -0.819. The van der Waals surface area contributed by atoms with E-state index in [9.17, 15) is 14.3 Å². The number of hydrazine groups is 1. The zero-order valence-corrected chi connectivity index (χ0v) is 18.2. The van der Waals surface area contributed by atoms with Crippen molar-refractivity contribution in [2.24, 2.45) is 0 Å². The van der Waals surface area contributed by atoms with E-state index in [0.29, 0.717) is 6.54 Å². The lowest BCUT2D eigenvalue weighted by molar-refractivity contribution is -0.143. The molecule has 172 valence electrons. The van der Waals surface area contributed by atoms with Gasteiger partial charge in [-0.2, -0.15) is 0 Å². The number of aromatic nitrogens is 2. The molecular weight excluding hydrogens is 423 g/mol. The van der Waals surface area contributed by atoms with E-state index < -0.39 is 12.0 Å². The molecule has 3 aromatic rings. The van der Waals surface area contributed by atoms with Crippen molar-refractivity contribution in [3.63, 3.8) is 0 Å². The van der Waals surface area contributed by atoms with Gasteiger partial charge in [-0.05, 0) is 55.0 Å². The number of carbonyl (C=O) groups is 1. The number of carboxylic acids is 1. The van der Waals surface area contributed by atoms with Gasteiger partial charge in [0.2, 0.25) is 0 Å². The molecule has 2 N–H and O–H groups in total. The van der Waals surface area contributed by atoms with Crippen molar-refractivity contribution in [2.45, 2.75) is 18.5 Å². The van der Waals surface area contributed by atoms with Crippen LogP contribution in [0.2, 0.25) is 0 Å². The fourth-order valence-corrected chi connectivity index (χ4v) is 4.83. The van der Waals surface area contributed by atoms with Crippen molar-refractivity contribution in [3.8, 4) is 5.69 Å². The summed E-state index contributed by atoms with van der Waals surface area (Å²) in [5, 5.41) is 11.9. The van der Waals surface area contributed by atoms with Gasteiger partial charge in [0.05, 0.1) is 6.33 Å². The number of imidazole rings is 1. The first-order chi connectivity index (χ1) is 16.1. The number of rotatable bonds is 6. The van der Waals surface area contributed by atoms with Crippen molar-refractivity contribution in [1.29, 1.82) is 0 Å². The molecule has 33 heavy (non-hydrogen) atoms. The highest BCUT2D eigenvalue weighted by Gasteiger charge is 2.43. The number of piperazine rings is 1. The van der Waals surface area contributed by atoms with E-state index in [0.717, 1.165) is 49.7 Å². The number of halogens is 1. The monoisotopic (exact) mass is 450 g/mol. The molecule has 2 unspecified atom stereocenters. The maximum Gasteiger partial charge on any atom is 0.324 e. The summed E-state index contributed by atoms with van der Waals surface area (Å²) in [7, 11) is 0. The average Bonchev–Trinajstić information content (AvgIpc) is 3.51. The fourth-order valence-electron chi connectivity index (χ4n) is 4.83. The average molecular weight is 451 g/mol. The van der Waals surface area contributed by atoms with Crippen molar-refractivity contribution >= 4 is 17.3 Å². The summed E-state index contributed by atoms with van der Waals surface area (Å²) in [6.45, 7) is 3.79. The molecule has 2 aliphatic rings. The summed E-state index contributed by atoms with van der Waals surface area (Å²) in [4.78, 5) is 20.8. The molecule has 2 aliphatic heterocycles. The maximum absolute atomic E-state index is 13.2. The molecule has 0 saturated carbocycles. The molecule has 5 rings (SSSR count). The summed E-state index contributed by atoms with van der Waals surface area (Å²) in [6.07, 6.45) is 6.13. The van der Waals surface area contributed by atoms with Gasteiger partial charge in [0.15, 0.2) is 0 Å². The normalized spacial score (nSPS) is 21.9. The number of hydrogen-bond acceptors (Lipinski definition) is 6. The number of benzene rings is 2. The highest BCUT2D eigenvalue weighted by molar-refractivity contribution is 5.75. The molecule has 3 heterocycles. The molecular formula is C24H27FN6O2. The topological polar surface area (TPSA) is 76.9 Å². The minimum Gasteiger partial charge on any atom is -0.480 e.